The molecule has 1 unspecified atom stereocenters. The topological polar surface area (TPSA) is 80.4 Å². The predicted octanol–water partition coefficient (Wildman–Crippen LogP) is 0.794. The molecule has 3 N–H and O–H groups in total. The van der Waals surface area contributed by atoms with Crippen molar-refractivity contribution in [2.75, 3.05) is 0 Å². The molecule has 0 rings (SSSR count). The van der Waals surface area contributed by atoms with Crippen LogP contribution < -0.4 is 5.73 Å². The van der Waals surface area contributed by atoms with Crippen LogP contribution in [-0.2, 0) is 9.59 Å². The summed E-state index contributed by atoms with van der Waals surface area (Å²) >= 11 is 0. The fraction of sp³-hybridized carbons (Fsp3) is 0.778. The SMILES string of the molecule is CCCC(=O)CC(C)[C@H](N)C(=O)O. The van der Waals surface area contributed by atoms with Crippen LogP contribution in [0.4, 0.5) is 0 Å². The van der Waals surface area contributed by atoms with E-state index in [4.69, 9.17) is 10.8 Å². The molecule has 2 atom stereocenters. The lowest BCUT2D eigenvalue weighted by atomic mass is 9.95. The molecule has 0 amide bonds. The van der Waals surface area contributed by atoms with Gasteiger partial charge in [0.1, 0.15) is 11.8 Å². The molecule has 0 spiro atoms. The standard InChI is InChI=1S/C9H17NO3/c1-3-4-7(11)5-6(2)8(10)9(12)13/h6,8H,3-5,10H2,1-2H3,(H,12,13)/t6?,8-/m0/s1. The van der Waals surface area contributed by atoms with Gasteiger partial charge in [-0.25, -0.2) is 0 Å². The number of Topliss-reactive ketones (excluding diaryl/α,β-unsaturated/α-hetero) is 1. The van der Waals surface area contributed by atoms with Crippen LogP contribution in [0, 0.1) is 5.92 Å². The number of hydrogen-bond acceptors (Lipinski definition) is 3. The van der Waals surface area contributed by atoms with Gasteiger partial charge in [-0.1, -0.05) is 13.8 Å². The Labute approximate surface area is 78.1 Å². The van der Waals surface area contributed by atoms with Gasteiger partial charge in [0.25, 0.3) is 0 Å². The Morgan fingerprint density at radius 1 is 1.46 bits per heavy atom. The molecule has 0 saturated carbocycles. The largest absolute Gasteiger partial charge is 0.480 e. The molecule has 0 saturated heterocycles. The van der Waals surface area contributed by atoms with E-state index < -0.39 is 12.0 Å². The first kappa shape index (κ1) is 12.1. The van der Waals surface area contributed by atoms with Crippen LogP contribution in [0.25, 0.3) is 0 Å². The van der Waals surface area contributed by atoms with Crippen LogP contribution in [-0.4, -0.2) is 22.9 Å². The van der Waals surface area contributed by atoms with E-state index in [-0.39, 0.29) is 18.1 Å². The smallest absolute Gasteiger partial charge is 0.320 e. The first-order valence-corrected chi connectivity index (χ1v) is 4.49. The van der Waals surface area contributed by atoms with Crippen molar-refractivity contribution in [2.24, 2.45) is 11.7 Å². The monoisotopic (exact) mass is 187 g/mol. The number of aliphatic carboxylic acids is 1. The molecule has 0 radical (unpaired) electrons. The van der Waals surface area contributed by atoms with E-state index in [0.717, 1.165) is 6.42 Å². The summed E-state index contributed by atoms with van der Waals surface area (Å²) in [6.45, 7) is 3.60. The first-order chi connectivity index (χ1) is 5.99. The summed E-state index contributed by atoms with van der Waals surface area (Å²) in [4.78, 5) is 21.6. The van der Waals surface area contributed by atoms with Gasteiger partial charge in [0.05, 0.1) is 0 Å². The van der Waals surface area contributed by atoms with E-state index in [9.17, 15) is 9.59 Å². The Balaban J connectivity index is 3.92. The summed E-state index contributed by atoms with van der Waals surface area (Å²) < 4.78 is 0. The lowest BCUT2D eigenvalue weighted by molar-refractivity contribution is -0.139. The third-order valence-electron chi connectivity index (χ3n) is 1.98. The zero-order valence-electron chi connectivity index (χ0n) is 8.12. The van der Waals surface area contributed by atoms with E-state index in [2.05, 4.69) is 0 Å². The van der Waals surface area contributed by atoms with Gasteiger partial charge in [0.2, 0.25) is 0 Å². The van der Waals surface area contributed by atoms with Crippen LogP contribution in [0.3, 0.4) is 0 Å². The van der Waals surface area contributed by atoms with E-state index in [0.29, 0.717) is 6.42 Å². The Bertz CT molecular complexity index is 191. The fourth-order valence-electron chi connectivity index (χ4n) is 1.11. The Hall–Kier alpha value is -0.900. The molecule has 0 aliphatic carbocycles. The molecule has 13 heavy (non-hydrogen) atoms. The maximum absolute atomic E-state index is 11.1. The molecule has 0 aromatic carbocycles. The van der Waals surface area contributed by atoms with E-state index in [1.54, 1.807) is 6.92 Å². The highest BCUT2D eigenvalue weighted by molar-refractivity contribution is 5.80. The van der Waals surface area contributed by atoms with E-state index in [1.807, 2.05) is 6.92 Å². The van der Waals surface area contributed by atoms with Crippen molar-refractivity contribution in [3.8, 4) is 0 Å². The van der Waals surface area contributed by atoms with Gasteiger partial charge in [0.15, 0.2) is 0 Å². The van der Waals surface area contributed by atoms with Crippen molar-refractivity contribution in [3.05, 3.63) is 0 Å². The van der Waals surface area contributed by atoms with Crippen LogP contribution in [0.2, 0.25) is 0 Å². The summed E-state index contributed by atoms with van der Waals surface area (Å²) in [5, 5.41) is 8.56. The highest BCUT2D eigenvalue weighted by Gasteiger charge is 2.21. The molecule has 4 nitrogen and oxygen atoms in total. The van der Waals surface area contributed by atoms with Crippen LogP contribution in [0.1, 0.15) is 33.1 Å². The molecule has 0 aromatic rings. The lowest BCUT2D eigenvalue weighted by Gasteiger charge is -2.14. The minimum atomic E-state index is -1.04. The van der Waals surface area contributed by atoms with Crippen molar-refractivity contribution in [3.63, 3.8) is 0 Å². The summed E-state index contributed by atoms with van der Waals surface area (Å²) in [6, 6.07) is -0.930. The van der Waals surface area contributed by atoms with Crippen LogP contribution in [0.15, 0.2) is 0 Å². The number of carboxylic acids is 1. The normalized spacial score (nSPS) is 15.0. The first-order valence-electron chi connectivity index (χ1n) is 4.49. The summed E-state index contributed by atoms with van der Waals surface area (Å²) in [6.07, 6.45) is 1.58. The summed E-state index contributed by atoms with van der Waals surface area (Å²) in [5.41, 5.74) is 5.35. The Morgan fingerprint density at radius 3 is 2.38 bits per heavy atom. The number of carbonyl (C=O) groups is 2. The summed E-state index contributed by atoms with van der Waals surface area (Å²) in [7, 11) is 0. The molecule has 0 bridgehead atoms. The predicted molar refractivity (Wildman–Crippen MR) is 49.3 cm³/mol. The second-order valence-electron chi connectivity index (χ2n) is 3.33. The van der Waals surface area contributed by atoms with Crippen molar-refractivity contribution in [1.82, 2.24) is 0 Å². The van der Waals surface area contributed by atoms with E-state index in [1.165, 1.54) is 0 Å². The van der Waals surface area contributed by atoms with Crippen LogP contribution >= 0.6 is 0 Å². The molecule has 0 aliphatic heterocycles. The van der Waals surface area contributed by atoms with Crippen LogP contribution in [0.5, 0.6) is 0 Å². The maximum Gasteiger partial charge on any atom is 0.320 e. The summed E-state index contributed by atoms with van der Waals surface area (Å²) in [5.74, 6) is -1.24. The van der Waals surface area contributed by atoms with Gasteiger partial charge >= 0.3 is 5.97 Å². The molecular weight excluding hydrogens is 170 g/mol. The maximum atomic E-state index is 11.1. The second kappa shape index (κ2) is 5.70. The van der Waals surface area contributed by atoms with E-state index >= 15 is 0 Å². The number of carboxylic acid groups (broad SMARTS) is 1. The zero-order chi connectivity index (χ0) is 10.4. The highest BCUT2D eigenvalue weighted by Crippen LogP contribution is 2.09. The molecule has 0 aliphatic rings. The molecule has 0 heterocycles. The average molecular weight is 187 g/mol. The lowest BCUT2D eigenvalue weighted by Crippen LogP contribution is -2.37. The molecule has 4 heteroatoms. The third-order valence-corrected chi connectivity index (χ3v) is 1.98. The van der Waals surface area contributed by atoms with Crippen molar-refractivity contribution in [1.29, 1.82) is 0 Å². The molecule has 0 fully saturated rings. The zero-order valence-corrected chi connectivity index (χ0v) is 8.12. The van der Waals surface area contributed by atoms with Gasteiger partial charge in [-0.2, -0.15) is 0 Å². The van der Waals surface area contributed by atoms with Gasteiger partial charge < -0.3 is 10.8 Å². The Morgan fingerprint density at radius 2 is 2.00 bits per heavy atom. The quantitative estimate of drug-likeness (QED) is 0.644. The second-order valence-corrected chi connectivity index (χ2v) is 3.33. The van der Waals surface area contributed by atoms with Gasteiger partial charge in [0, 0.05) is 12.8 Å². The molecular formula is C9H17NO3. The number of nitrogens with two attached hydrogens (primary N) is 1. The van der Waals surface area contributed by atoms with Crippen molar-refractivity contribution >= 4 is 11.8 Å². The molecule has 76 valence electrons. The highest BCUT2D eigenvalue weighted by atomic mass is 16.4. The fourth-order valence-corrected chi connectivity index (χ4v) is 1.11. The minimum Gasteiger partial charge on any atom is -0.480 e. The minimum absolute atomic E-state index is 0.0895. The van der Waals surface area contributed by atoms with Gasteiger partial charge in [-0.05, 0) is 12.3 Å². The third kappa shape index (κ3) is 4.62. The van der Waals surface area contributed by atoms with Gasteiger partial charge in [-0.15, -0.1) is 0 Å². The Kier molecular flexibility index (Phi) is 5.30. The number of rotatable bonds is 6. The number of ketones is 1. The number of hydrogen-bond donors (Lipinski definition) is 2. The van der Waals surface area contributed by atoms with Crippen molar-refractivity contribution in [2.45, 2.75) is 39.2 Å². The number of carbonyl (C=O) groups excluding carboxylic acids is 1. The van der Waals surface area contributed by atoms with Gasteiger partial charge in [-0.3, -0.25) is 9.59 Å². The molecule has 0 aromatic heterocycles. The van der Waals surface area contributed by atoms with Crippen molar-refractivity contribution < 1.29 is 14.7 Å². The average Bonchev–Trinajstić information content (AvgIpc) is 2.03.